The highest BCUT2D eigenvalue weighted by Gasteiger charge is 2.23. The van der Waals surface area contributed by atoms with Gasteiger partial charge in [0.15, 0.2) is 5.82 Å². The van der Waals surface area contributed by atoms with Crippen LogP contribution in [-0.2, 0) is 6.54 Å². The van der Waals surface area contributed by atoms with Gasteiger partial charge in [-0.3, -0.25) is 4.90 Å². The van der Waals surface area contributed by atoms with Crippen LogP contribution in [0.2, 0.25) is 0 Å². The maximum Gasteiger partial charge on any atom is 0.225 e. The zero-order valence-corrected chi connectivity index (χ0v) is 14.2. The van der Waals surface area contributed by atoms with Crippen LogP contribution >= 0.6 is 0 Å². The molecule has 0 radical (unpaired) electrons. The second-order valence-electron chi connectivity index (χ2n) is 6.76. The molecule has 3 heterocycles. The van der Waals surface area contributed by atoms with Crippen molar-refractivity contribution in [1.82, 2.24) is 25.0 Å². The third kappa shape index (κ3) is 3.40. The highest BCUT2D eigenvalue weighted by Crippen LogP contribution is 2.33. The number of aryl methyl sites for hydroxylation is 1. The Morgan fingerprint density at radius 2 is 1.92 bits per heavy atom. The molecule has 7 nitrogen and oxygen atoms in total. The highest BCUT2D eigenvalue weighted by atomic mass is 16.5. The summed E-state index contributed by atoms with van der Waals surface area (Å²) in [6.45, 7) is 6.36. The van der Waals surface area contributed by atoms with Crippen LogP contribution < -0.4 is 4.90 Å². The molecule has 0 atom stereocenters. The van der Waals surface area contributed by atoms with E-state index in [1.165, 1.54) is 31.4 Å². The van der Waals surface area contributed by atoms with E-state index in [0.29, 0.717) is 11.8 Å². The van der Waals surface area contributed by atoms with Gasteiger partial charge < -0.3 is 9.42 Å². The molecule has 0 bridgehead atoms. The Hall–Kier alpha value is -2.02. The van der Waals surface area contributed by atoms with Crippen molar-refractivity contribution in [1.29, 1.82) is 0 Å². The van der Waals surface area contributed by atoms with Crippen LogP contribution in [0.5, 0.6) is 0 Å². The Balaban J connectivity index is 1.36. The minimum Gasteiger partial charge on any atom is -0.340 e. The van der Waals surface area contributed by atoms with Gasteiger partial charge in [0, 0.05) is 50.9 Å². The van der Waals surface area contributed by atoms with Gasteiger partial charge in [0.1, 0.15) is 0 Å². The second kappa shape index (κ2) is 6.84. The summed E-state index contributed by atoms with van der Waals surface area (Å²) in [6.07, 6.45) is 7.13. The van der Waals surface area contributed by atoms with E-state index in [4.69, 9.17) is 9.51 Å². The van der Waals surface area contributed by atoms with Crippen molar-refractivity contribution in [3.63, 3.8) is 0 Å². The molecule has 1 aliphatic carbocycles. The molecule has 4 rings (SSSR count). The van der Waals surface area contributed by atoms with Gasteiger partial charge in [-0.15, -0.1) is 0 Å². The fraction of sp³-hybridized carbons (Fsp3) is 0.647. The van der Waals surface area contributed by atoms with E-state index in [1.54, 1.807) is 0 Å². The number of hydrogen-bond acceptors (Lipinski definition) is 7. The Morgan fingerprint density at radius 1 is 1.12 bits per heavy atom. The highest BCUT2D eigenvalue weighted by molar-refractivity contribution is 5.32. The average Bonchev–Trinajstić information content (AvgIpc) is 3.28. The molecular formula is C17H24N6O. The van der Waals surface area contributed by atoms with E-state index in [9.17, 15) is 0 Å². The van der Waals surface area contributed by atoms with Crippen molar-refractivity contribution >= 4 is 5.95 Å². The molecule has 0 N–H and O–H groups in total. The zero-order valence-electron chi connectivity index (χ0n) is 14.2. The van der Waals surface area contributed by atoms with Gasteiger partial charge >= 0.3 is 0 Å². The van der Waals surface area contributed by atoms with Crippen molar-refractivity contribution in [3.05, 3.63) is 29.7 Å². The van der Waals surface area contributed by atoms with Gasteiger partial charge in [0.05, 0.1) is 6.54 Å². The van der Waals surface area contributed by atoms with Crippen LogP contribution in [0.3, 0.4) is 0 Å². The quantitative estimate of drug-likeness (QED) is 0.851. The number of piperazine rings is 1. The minimum atomic E-state index is 0.626. The van der Waals surface area contributed by atoms with Crippen molar-refractivity contribution in [2.75, 3.05) is 31.1 Å². The van der Waals surface area contributed by atoms with E-state index in [1.807, 2.05) is 13.1 Å². The Labute approximate surface area is 142 Å². The predicted octanol–water partition coefficient (Wildman–Crippen LogP) is 2.15. The first-order valence-corrected chi connectivity index (χ1v) is 8.87. The summed E-state index contributed by atoms with van der Waals surface area (Å²) in [5.41, 5.74) is 1.22. The van der Waals surface area contributed by atoms with E-state index in [0.717, 1.165) is 44.5 Å². The summed E-state index contributed by atoms with van der Waals surface area (Å²) in [4.78, 5) is 18.3. The molecule has 0 aromatic carbocycles. The summed E-state index contributed by atoms with van der Waals surface area (Å²) in [5, 5.41) is 3.98. The van der Waals surface area contributed by atoms with Crippen LogP contribution in [-0.4, -0.2) is 51.2 Å². The first-order valence-electron chi connectivity index (χ1n) is 8.87. The monoisotopic (exact) mass is 328 g/mol. The lowest BCUT2D eigenvalue weighted by Gasteiger charge is -2.34. The zero-order chi connectivity index (χ0) is 16.4. The van der Waals surface area contributed by atoms with Crippen LogP contribution in [0.4, 0.5) is 5.95 Å². The number of hydrogen-bond donors (Lipinski definition) is 0. The molecule has 24 heavy (non-hydrogen) atoms. The number of nitrogens with zero attached hydrogens (tertiary/aromatic N) is 6. The Kier molecular flexibility index (Phi) is 4.42. The van der Waals surface area contributed by atoms with Crippen molar-refractivity contribution in [2.24, 2.45) is 0 Å². The summed E-state index contributed by atoms with van der Waals surface area (Å²) >= 11 is 0. The predicted molar refractivity (Wildman–Crippen MR) is 89.8 cm³/mol. The van der Waals surface area contributed by atoms with Gasteiger partial charge in [-0.25, -0.2) is 9.97 Å². The summed E-state index contributed by atoms with van der Waals surface area (Å²) < 4.78 is 5.04. The van der Waals surface area contributed by atoms with Crippen molar-refractivity contribution in [2.45, 2.75) is 45.1 Å². The van der Waals surface area contributed by atoms with E-state index >= 15 is 0 Å². The van der Waals surface area contributed by atoms with Gasteiger partial charge in [0.25, 0.3) is 0 Å². The maximum atomic E-state index is 5.04. The third-order valence-corrected chi connectivity index (χ3v) is 5.03. The van der Waals surface area contributed by atoms with Crippen LogP contribution in [0, 0.1) is 6.92 Å². The molecule has 1 saturated heterocycles. The van der Waals surface area contributed by atoms with Crippen molar-refractivity contribution < 1.29 is 4.52 Å². The Bertz CT molecular complexity index is 673. The first-order chi connectivity index (χ1) is 11.8. The normalized spacial score (nSPS) is 20.0. The molecule has 0 unspecified atom stereocenters. The van der Waals surface area contributed by atoms with Gasteiger partial charge in [-0.1, -0.05) is 18.0 Å². The summed E-state index contributed by atoms with van der Waals surface area (Å²) in [5.74, 6) is 2.91. The van der Waals surface area contributed by atoms with E-state index < -0.39 is 0 Å². The van der Waals surface area contributed by atoms with Crippen LogP contribution in [0.1, 0.15) is 49.0 Å². The van der Waals surface area contributed by atoms with E-state index in [2.05, 4.69) is 31.0 Å². The van der Waals surface area contributed by atoms with Crippen LogP contribution in [0.25, 0.3) is 0 Å². The smallest absolute Gasteiger partial charge is 0.225 e. The molecule has 1 saturated carbocycles. The maximum absolute atomic E-state index is 5.04. The molecule has 2 fully saturated rings. The molecule has 2 aromatic heterocycles. The topological polar surface area (TPSA) is 71.2 Å². The molecule has 1 aliphatic heterocycles. The Morgan fingerprint density at radius 3 is 2.62 bits per heavy atom. The third-order valence-electron chi connectivity index (χ3n) is 5.03. The molecular weight excluding hydrogens is 304 g/mol. The average molecular weight is 328 g/mol. The fourth-order valence-electron chi connectivity index (χ4n) is 3.67. The molecule has 7 heteroatoms. The van der Waals surface area contributed by atoms with Crippen LogP contribution in [0.15, 0.2) is 16.8 Å². The van der Waals surface area contributed by atoms with Gasteiger partial charge in [-0.05, 0) is 18.9 Å². The SMILES string of the molecule is Cc1nc(CN2CCN(c3nccc(C4CCCC4)n3)CC2)no1. The lowest BCUT2D eigenvalue weighted by Crippen LogP contribution is -2.46. The molecule has 0 spiro atoms. The van der Waals surface area contributed by atoms with E-state index in [-0.39, 0.29) is 0 Å². The molecule has 128 valence electrons. The molecule has 2 aliphatic rings. The van der Waals surface area contributed by atoms with Gasteiger partial charge in [0.2, 0.25) is 11.8 Å². The lowest BCUT2D eigenvalue weighted by molar-refractivity contribution is 0.239. The fourth-order valence-corrected chi connectivity index (χ4v) is 3.67. The number of aromatic nitrogens is 4. The second-order valence-corrected chi connectivity index (χ2v) is 6.76. The summed E-state index contributed by atoms with van der Waals surface area (Å²) in [7, 11) is 0. The molecule has 2 aromatic rings. The standard InChI is InChI=1S/C17H24N6O/c1-13-19-16(21-24-13)12-22-8-10-23(11-9-22)17-18-7-6-15(20-17)14-4-2-3-5-14/h6-7,14H,2-5,8-12H2,1H3. The largest absolute Gasteiger partial charge is 0.340 e. The summed E-state index contributed by atoms with van der Waals surface area (Å²) in [6, 6.07) is 2.09. The van der Waals surface area contributed by atoms with Crippen molar-refractivity contribution in [3.8, 4) is 0 Å². The number of anilines is 1. The lowest BCUT2D eigenvalue weighted by atomic mass is 10.0. The minimum absolute atomic E-state index is 0.626. The molecule has 0 amide bonds. The number of rotatable bonds is 4. The first kappa shape index (κ1) is 15.5. The van der Waals surface area contributed by atoms with Gasteiger partial charge in [-0.2, -0.15) is 4.98 Å².